The third-order valence-corrected chi connectivity index (χ3v) is 4.26. The van der Waals surface area contributed by atoms with E-state index in [9.17, 15) is 0 Å². The Bertz CT molecular complexity index is 199. The van der Waals surface area contributed by atoms with Crippen LogP contribution in [0.25, 0.3) is 0 Å². The fourth-order valence-corrected chi connectivity index (χ4v) is 3.11. The minimum absolute atomic E-state index is 0.422. The summed E-state index contributed by atoms with van der Waals surface area (Å²) in [7, 11) is 0. The number of hydrazine groups is 1. The normalized spacial score (nSPS) is 25.5. The SMILES string of the molecule is CCCCCCCCC(NN)C1CCOC1CC. The molecule has 1 heterocycles. The second-order valence-electron chi connectivity index (χ2n) is 5.60. The number of ether oxygens (including phenoxy) is 1. The van der Waals surface area contributed by atoms with Crippen molar-refractivity contribution >= 4 is 0 Å². The van der Waals surface area contributed by atoms with E-state index in [4.69, 9.17) is 10.6 Å². The highest BCUT2D eigenvalue weighted by molar-refractivity contribution is 4.84. The van der Waals surface area contributed by atoms with Crippen molar-refractivity contribution in [3.8, 4) is 0 Å². The largest absolute Gasteiger partial charge is 0.378 e. The van der Waals surface area contributed by atoms with Crippen molar-refractivity contribution in [2.75, 3.05) is 6.61 Å². The fourth-order valence-electron chi connectivity index (χ4n) is 3.11. The van der Waals surface area contributed by atoms with Gasteiger partial charge in [0.25, 0.3) is 0 Å². The molecule has 1 fully saturated rings. The van der Waals surface area contributed by atoms with E-state index in [0.29, 0.717) is 18.1 Å². The van der Waals surface area contributed by atoms with Crippen LogP contribution in [0.1, 0.15) is 71.6 Å². The lowest BCUT2D eigenvalue weighted by molar-refractivity contribution is 0.0761. The van der Waals surface area contributed by atoms with Crippen molar-refractivity contribution in [3.05, 3.63) is 0 Å². The van der Waals surface area contributed by atoms with Crippen LogP contribution in [-0.2, 0) is 4.74 Å². The number of nitrogens with one attached hydrogen (secondary N) is 1. The van der Waals surface area contributed by atoms with Crippen LogP contribution in [0.15, 0.2) is 0 Å². The zero-order valence-electron chi connectivity index (χ0n) is 12.3. The Morgan fingerprint density at radius 3 is 2.56 bits per heavy atom. The minimum atomic E-state index is 0.422. The molecule has 0 aliphatic carbocycles. The van der Waals surface area contributed by atoms with Gasteiger partial charge in [-0.15, -0.1) is 0 Å². The fraction of sp³-hybridized carbons (Fsp3) is 1.00. The van der Waals surface area contributed by atoms with Gasteiger partial charge in [-0.3, -0.25) is 11.3 Å². The van der Waals surface area contributed by atoms with Crippen molar-refractivity contribution in [2.24, 2.45) is 11.8 Å². The molecule has 0 aromatic rings. The maximum absolute atomic E-state index is 5.76. The quantitative estimate of drug-likeness (QED) is 0.358. The van der Waals surface area contributed by atoms with Gasteiger partial charge >= 0.3 is 0 Å². The number of hydrogen-bond acceptors (Lipinski definition) is 3. The van der Waals surface area contributed by atoms with Gasteiger partial charge in [0.05, 0.1) is 6.10 Å². The molecule has 0 saturated carbocycles. The molecule has 0 radical (unpaired) electrons. The van der Waals surface area contributed by atoms with E-state index >= 15 is 0 Å². The van der Waals surface area contributed by atoms with E-state index in [1.807, 2.05) is 0 Å². The van der Waals surface area contributed by atoms with E-state index in [1.54, 1.807) is 0 Å². The van der Waals surface area contributed by atoms with Gasteiger partial charge in [0.2, 0.25) is 0 Å². The van der Waals surface area contributed by atoms with Crippen LogP contribution in [0.4, 0.5) is 0 Å². The Morgan fingerprint density at radius 1 is 1.17 bits per heavy atom. The molecule has 3 atom stereocenters. The predicted molar refractivity (Wildman–Crippen MR) is 77.2 cm³/mol. The van der Waals surface area contributed by atoms with Crippen molar-refractivity contribution < 1.29 is 4.74 Å². The molecule has 0 aromatic heterocycles. The summed E-state index contributed by atoms with van der Waals surface area (Å²) in [5.74, 6) is 6.35. The first-order valence-electron chi connectivity index (χ1n) is 7.91. The van der Waals surface area contributed by atoms with E-state index in [1.165, 1.54) is 51.4 Å². The smallest absolute Gasteiger partial charge is 0.0616 e. The Labute approximate surface area is 113 Å². The zero-order valence-corrected chi connectivity index (χ0v) is 12.3. The highest BCUT2D eigenvalue weighted by Gasteiger charge is 2.32. The molecule has 1 aliphatic heterocycles. The Morgan fingerprint density at radius 2 is 1.89 bits per heavy atom. The molecular weight excluding hydrogens is 224 g/mol. The molecular formula is C15H32N2O. The summed E-state index contributed by atoms with van der Waals surface area (Å²) >= 11 is 0. The molecule has 0 spiro atoms. The first kappa shape index (κ1) is 15.9. The summed E-state index contributed by atoms with van der Waals surface area (Å²) < 4.78 is 5.76. The Hall–Kier alpha value is -0.120. The second kappa shape index (κ2) is 9.76. The lowest BCUT2D eigenvalue weighted by Gasteiger charge is -2.26. The van der Waals surface area contributed by atoms with Gasteiger partial charge < -0.3 is 4.74 Å². The highest BCUT2D eigenvalue weighted by Crippen LogP contribution is 2.28. The molecule has 3 nitrogen and oxygen atoms in total. The summed E-state index contributed by atoms with van der Waals surface area (Å²) in [5.41, 5.74) is 3.03. The Balaban J connectivity index is 2.16. The lowest BCUT2D eigenvalue weighted by atomic mass is 9.88. The Kier molecular flexibility index (Phi) is 8.64. The van der Waals surface area contributed by atoms with Crippen LogP contribution in [0.5, 0.6) is 0 Å². The maximum atomic E-state index is 5.76. The molecule has 18 heavy (non-hydrogen) atoms. The van der Waals surface area contributed by atoms with Gasteiger partial charge in [-0.05, 0) is 19.3 Å². The average Bonchev–Trinajstić information content (AvgIpc) is 2.86. The van der Waals surface area contributed by atoms with Gasteiger partial charge in [-0.2, -0.15) is 0 Å². The topological polar surface area (TPSA) is 47.3 Å². The molecule has 3 heteroatoms. The highest BCUT2D eigenvalue weighted by atomic mass is 16.5. The van der Waals surface area contributed by atoms with E-state index in [-0.39, 0.29) is 0 Å². The van der Waals surface area contributed by atoms with Crippen molar-refractivity contribution in [2.45, 2.75) is 83.8 Å². The van der Waals surface area contributed by atoms with Crippen LogP contribution < -0.4 is 11.3 Å². The average molecular weight is 256 g/mol. The van der Waals surface area contributed by atoms with E-state index in [0.717, 1.165) is 13.0 Å². The van der Waals surface area contributed by atoms with Crippen molar-refractivity contribution in [3.63, 3.8) is 0 Å². The molecule has 0 bridgehead atoms. The molecule has 1 saturated heterocycles. The number of hydrogen-bond donors (Lipinski definition) is 2. The third-order valence-electron chi connectivity index (χ3n) is 4.26. The van der Waals surface area contributed by atoms with Gasteiger partial charge in [0.1, 0.15) is 0 Å². The van der Waals surface area contributed by atoms with Gasteiger partial charge in [0, 0.05) is 18.6 Å². The molecule has 0 amide bonds. The van der Waals surface area contributed by atoms with Crippen molar-refractivity contribution in [1.29, 1.82) is 0 Å². The van der Waals surface area contributed by atoms with Crippen molar-refractivity contribution in [1.82, 2.24) is 5.43 Å². The molecule has 0 aromatic carbocycles. The third kappa shape index (κ3) is 5.25. The summed E-state index contributed by atoms with van der Waals surface area (Å²) in [6.07, 6.45) is 12.0. The summed E-state index contributed by atoms with van der Waals surface area (Å²) in [6, 6.07) is 0.448. The summed E-state index contributed by atoms with van der Waals surface area (Å²) in [5, 5.41) is 0. The standard InChI is InChI=1S/C15H32N2O/c1-3-5-6-7-8-9-10-14(17-16)13-11-12-18-15(13)4-2/h13-15,17H,3-12,16H2,1-2H3. The zero-order chi connectivity index (χ0) is 13.2. The maximum Gasteiger partial charge on any atom is 0.0616 e. The van der Waals surface area contributed by atoms with Gasteiger partial charge in [0.15, 0.2) is 0 Å². The summed E-state index contributed by atoms with van der Waals surface area (Å²) in [6.45, 7) is 5.39. The number of nitrogens with two attached hydrogens (primary N) is 1. The number of rotatable bonds is 10. The van der Waals surface area contributed by atoms with Crippen LogP contribution in [0.3, 0.4) is 0 Å². The molecule has 1 aliphatic rings. The first-order valence-corrected chi connectivity index (χ1v) is 7.91. The van der Waals surface area contributed by atoms with Crippen LogP contribution in [0, 0.1) is 5.92 Å². The van der Waals surface area contributed by atoms with E-state index in [2.05, 4.69) is 19.3 Å². The second-order valence-corrected chi connectivity index (χ2v) is 5.60. The molecule has 3 N–H and O–H groups in total. The lowest BCUT2D eigenvalue weighted by Crippen LogP contribution is -2.43. The van der Waals surface area contributed by atoms with Gasteiger partial charge in [-0.1, -0.05) is 52.4 Å². The first-order chi connectivity index (χ1) is 8.83. The monoisotopic (exact) mass is 256 g/mol. The van der Waals surface area contributed by atoms with Crippen LogP contribution in [-0.4, -0.2) is 18.8 Å². The van der Waals surface area contributed by atoms with Crippen LogP contribution >= 0.6 is 0 Å². The van der Waals surface area contributed by atoms with Gasteiger partial charge in [-0.25, -0.2) is 0 Å². The predicted octanol–water partition coefficient (Wildman–Crippen LogP) is 3.38. The van der Waals surface area contributed by atoms with E-state index < -0.39 is 0 Å². The number of unbranched alkanes of at least 4 members (excludes halogenated alkanes) is 5. The summed E-state index contributed by atoms with van der Waals surface area (Å²) in [4.78, 5) is 0. The minimum Gasteiger partial charge on any atom is -0.378 e. The molecule has 1 rings (SSSR count). The molecule has 108 valence electrons. The molecule has 3 unspecified atom stereocenters. The van der Waals surface area contributed by atoms with Crippen LogP contribution in [0.2, 0.25) is 0 Å².